The molecule has 0 bridgehead atoms. The molecule has 2 heterocycles. The number of hydrogen-bond donors (Lipinski definition) is 2. The SMILES string of the molecule is CCC(=O)O[C@H](CC)CC(=O)O[C@@H]1C(C)[C@H](OCC2O[C@H](OCCN=[N+]=[N-])C(NC(=O)C[C@H](C)CC)[C@@H](OC(=O)C[C@H](C)CC)[C@@H]2C)OC(COCc2ccccc2)[C@H]1O. The summed E-state index contributed by atoms with van der Waals surface area (Å²) in [6.45, 7) is 14.9. The maximum atomic E-state index is 13.3. The van der Waals surface area contributed by atoms with E-state index in [2.05, 4.69) is 15.3 Å². The second kappa shape index (κ2) is 26.5. The average Bonchev–Trinajstić information content (AvgIpc) is 3.23. The predicted octanol–water partition coefficient (Wildman–Crippen LogP) is 5.93. The first-order chi connectivity index (χ1) is 28.7. The second-order valence-electron chi connectivity index (χ2n) is 16.0. The highest BCUT2D eigenvalue weighted by atomic mass is 16.7. The first kappa shape index (κ1) is 50.5. The Morgan fingerprint density at radius 3 is 2.12 bits per heavy atom. The summed E-state index contributed by atoms with van der Waals surface area (Å²) < 4.78 is 48.6. The van der Waals surface area contributed by atoms with Crippen LogP contribution in [0.1, 0.15) is 106 Å². The number of aliphatic hydroxyl groups is 1. The molecule has 17 heteroatoms. The first-order valence-corrected chi connectivity index (χ1v) is 21.5. The molecule has 0 radical (unpaired) electrons. The van der Waals surface area contributed by atoms with Gasteiger partial charge in [0.15, 0.2) is 12.6 Å². The Balaban J connectivity index is 1.88. The number of hydrogen-bond acceptors (Lipinski definition) is 14. The molecule has 2 fully saturated rings. The summed E-state index contributed by atoms with van der Waals surface area (Å²) in [5.74, 6) is -2.89. The Hall–Kier alpha value is -3.83. The van der Waals surface area contributed by atoms with E-state index < -0.39 is 85.0 Å². The predicted molar refractivity (Wildman–Crippen MR) is 219 cm³/mol. The molecule has 2 aliphatic heterocycles. The molecule has 1 amide bonds. The van der Waals surface area contributed by atoms with Crippen molar-refractivity contribution in [3.8, 4) is 0 Å². The van der Waals surface area contributed by atoms with Gasteiger partial charge in [0.1, 0.15) is 36.6 Å². The summed E-state index contributed by atoms with van der Waals surface area (Å²) in [6.07, 6.45) is -5.63. The molecular weight excluding hydrogens is 780 g/mol. The number of aliphatic hydroxyl groups excluding tert-OH is 1. The molecule has 17 nitrogen and oxygen atoms in total. The molecular formula is C43H68N4O13. The molecule has 2 saturated heterocycles. The van der Waals surface area contributed by atoms with Gasteiger partial charge in [0.2, 0.25) is 5.91 Å². The first-order valence-electron chi connectivity index (χ1n) is 21.5. The van der Waals surface area contributed by atoms with Crippen LogP contribution in [0.15, 0.2) is 35.4 Å². The van der Waals surface area contributed by atoms with Crippen LogP contribution in [0.3, 0.4) is 0 Å². The molecule has 0 aliphatic carbocycles. The summed E-state index contributed by atoms with van der Waals surface area (Å²) in [5.41, 5.74) is 9.77. The zero-order valence-corrected chi connectivity index (χ0v) is 36.6. The van der Waals surface area contributed by atoms with Crippen LogP contribution in [0.25, 0.3) is 10.4 Å². The number of carbonyl (C=O) groups excluding carboxylic acids is 4. The number of carbonyl (C=O) groups is 4. The van der Waals surface area contributed by atoms with Gasteiger partial charge in [0.05, 0.1) is 39.0 Å². The minimum absolute atomic E-state index is 0.0112. The van der Waals surface area contributed by atoms with Gasteiger partial charge < -0.3 is 48.3 Å². The minimum Gasteiger partial charge on any atom is -0.462 e. The number of nitrogens with one attached hydrogen (secondary N) is 1. The zero-order valence-electron chi connectivity index (χ0n) is 36.6. The summed E-state index contributed by atoms with van der Waals surface area (Å²) >= 11 is 0. The van der Waals surface area contributed by atoms with Crippen LogP contribution in [-0.2, 0) is 63.7 Å². The van der Waals surface area contributed by atoms with E-state index in [9.17, 15) is 24.3 Å². The van der Waals surface area contributed by atoms with Crippen molar-refractivity contribution in [1.82, 2.24) is 5.32 Å². The number of esters is 3. The van der Waals surface area contributed by atoms with E-state index in [1.165, 1.54) is 0 Å². The van der Waals surface area contributed by atoms with Crippen molar-refractivity contribution < 1.29 is 62.2 Å². The Morgan fingerprint density at radius 1 is 0.817 bits per heavy atom. The van der Waals surface area contributed by atoms with Crippen LogP contribution in [0.5, 0.6) is 0 Å². The summed E-state index contributed by atoms with van der Waals surface area (Å²) in [4.78, 5) is 54.7. The summed E-state index contributed by atoms with van der Waals surface area (Å²) in [6, 6.07) is 8.57. The van der Waals surface area contributed by atoms with Gasteiger partial charge in [-0.25, -0.2) is 0 Å². The molecule has 4 unspecified atom stereocenters. The van der Waals surface area contributed by atoms with Crippen LogP contribution in [-0.4, -0.2) is 111 Å². The van der Waals surface area contributed by atoms with E-state index in [0.717, 1.165) is 18.4 Å². The highest BCUT2D eigenvalue weighted by molar-refractivity contribution is 5.77. The number of benzene rings is 1. The Labute approximate surface area is 354 Å². The largest absolute Gasteiger partial charge is 0.462 e. The van der Waals surface area contributed by atoms with Crippen molar-refractivity contribution in [3.05, 3.63) is 46.3 Å². The topological polar surface area (TPSA) is 223 Å². The number of ether oxygens (including phenoxy) is 8. The third kappa shape index (κ3) is 16.2. The van der Waals surface area contributed by atoms with E-state index in [4.69, 9.17) is 43.4 Å². The standard InChI is InChI=1S/C43H68N4O13/c1-9-26(5)20-34(48)46-38-40(59-36(50)21-27(6)10-2)28(7)32(57-43(38)54-19-18-45-47-44)25-55-42-29(8)41(60-37(51)22-31(11-3)56-35(49)12-4)39(52)33(58-42)24-53-23-30-16-14-13-15-17-30/h13-17,26-29,31-33,38-43,52H,9-12,18-25H2,1-8H3,(H,46,48)/t26-,27-,28-,29?,31-,32?,33?,38?,39-,40+,41-,42-,43+/m1/s1. The third-order valence-corrected chi connectivity index (χ3v) is 11.1. The van der Waals surface area contributed by atoms with Crippen molar-refractivity contribution in [3.63, 3.8) is 0 Å². The molecule has 1 aromatic rings. The van der Waals surface area contributed by atoms with Gasteiger partial charge >= 0.3 is 17.9 Å². The minimum atomic E-state index is -1.30. The normalized spacial score (nSPS) is 28.0. The maximum Gasteiger partial charge on any atom is 0.309 e. The molecule has 0 spiro atoms. The zero-order chi connectivity index (χ0) is 44.2. The van der Waals surface area contributed by atoms with Crippen LogP contribution in [0.4, 0.5) is 0 Å². The Morgan fingerprint density at radius 2 is 1.47 bits per heavy atom. The monoisotopic (exact) mass is 848 g/mol. The number of azide groups is 1. The average molecular weight is 849 g/mol. The Kier molecular flexibility index (Phi) is 22.3. The molecule has 2 aliphatic rings. The van der Waals surface area contributed by atoms with E-state index in [1.807, 2.05) is 65.0 Å². The van der Waals surface area contributed by atoms with Gasteiger partial charge in [0.25, 0.3) is 0 Å². The molecule has 0 aromatic heterocycles. The van der Waals surface area contributed by atoms with Crippen molar-refractivity contribution in [1.29, 1.82) is 0 Å². The van der Waals surface area contributed by atoms with Crippen LogP contribution in [0, 0.1) is 23.7 Å². The van der Waals surface area contributed by atoms with Crippen LogP contribution < -0.4 is 5.32 Å². The van der Waals surface area contributed by atoms with E-state index in [-0.39, 0.29) is 76.4 Å². The fourth-order valence-corrected chi connectivity index (χ4v) is 6.87. The van der Waals surface area contributed by atoms with E-state index in [0.29, 0.717) is 6.42 Å². The summed E-state index contributed by atoms with van der Waals surface area (Å²) in [7, 11) is 0. The van der Waals surface area contributed by atoms with Gasteiger partial charge in [-0.05, 0) is 29.4 Å². The van der Waals surface area contributed by atoms with Crippen LogP contribution in [0.2, 0.25) is 0 Å². The number of nitrogens with zero attached hydrogens (tertiary/aromatic N) is 3. The smallest absolute Gasteiger partial charge is 0.309 e. The maximum absolute atomic E-state index is 13.3. The molecule has 2 N–H and O–H groups in total. The lowest BCUT2D eigenvalue weighted by Crippen LogP contribution is -2.63. The molecule has 1 aromatic carbocycles. The van der Waals surface area contributed by atoms with Crippen molar-refractivity contribution in [2.75, 3.05) is 26.4 Å². The lowest BCUT2D eigenvalue weighted by atomic mass is 9.88. The van der Waals surface area contributed by atoms with Crippen molar-refractivity contribution in [2.24, 2.45) is 28.8 Å². The molecule has 338 valence electrons. The molecule has 13 atom stereocenters. The van der Waals surface area contributed by atoms with E-state index >= 15 is 0 Å². The van der Waals surface area contributed by atoms with Gasteiger partial charge in [-0.2, -0.15) is 0 Å². The highest BCUT2D eigenvalue weighted by Gasteiger charge is 2.50. The van der Waals surface area contributed by atoms with Gasteiger partial charge in [-0.15, -0.1) is 0 Å². The van der Waals surface area contributed by atoms with Crippen LogP contribution >= 0.6 is 0 Å². The lowest BCUT2D eigenvalue weighted by Gasteiger charge is -2.46. The molecule has 3 rings (SSSR count). The van der Waals surface area contributed by atoms with Gasteiger partial charge in [0, 0.05) is 42.6 Å². The number of amides is 1. The van der Waals surface area contributed by atoms with Gasteiger partial charge in [-0.3, -0.25) is 19.2 Å². The van der Waals surface area contributed by atoms with Gasteiger partial charge in [-0.1, -0.05) is 104 Å². The van der Waals surface area contributed by atoms with E-state index in [1.54, 1.807) is 20.8 Å². The number of rotatable bonds is 25. The third-order valence-electron chi connectivity index (χ3n) is 11.1. The lowest BCUT2D eigenvalue weighted by molar-refractivity contribution is -0.308. The quantitative estimate of drug-likeness (QED) is 0.0291. The Bertz CT molecular complexity index is 1510. The molecule has 0 saturated carbocycles. The highest BCUT2D eigenvalue weighted by Crippen LogP contribution is 2.34. The fourth-order valence-electron chi connectivity index (χ4n) is 6.87. The summed E-state index contributed by atoms with van der Waals surface area (Å²) in [5, 5.41) is 18.1. The fraction of sp³-hybridized carbons (Fsp3) is 0.767. The van der Waals surface area contributed by atoms with Crippen molar-refractivity contribution in [2.45, 2.75) is 162 Å². The second-order valence-corrected chi connectivity index (χ2v) is 16.0. The molecule has 60 heavy (non-hydrogen) atoms. The van der Waals surface area contributed by atoms with Crippen molar-refractivity contribution >= 4 is 23.8 Å².